The van der Waals surface area contributed by atoms with Crippen LogP contribution in [0.15, 0.2) is 128 Å². The monoisotopic (exact) mass is 1500 g/mol. The SMILES string of the molecule is C[C@](O)(c1ccc(C(=O)N(C2CC2)C2CCC(CCC#N)(c3cnccn3)CC2)cc1)C(F)(F)F.C[C@](O)(c1ccc(C(=O)N(C2CC2)C2CCC(CCC(N)=O)(c3cnccn3)CC2)cc1)C(F)(F)F.C[C@](O)(c1ccc(C(=O)N(C2CC2)C2CCC(COC(N)=O)(c3cccnn3)CC2)cc1)C(F)(F)F. The zero-order valence-corrected chi connectivity index (χ0v) is 59.7. The van der Waals surface area contributed by atoms with Crippen molar-refractivity contribution in [2.75, 3.05) is 6.61 Å². The molecule has 0 radical (unpaired) electrons. The second kappa shape index (κ2) is 32.3. The molecule has 0 unspecified atom stereocenters. The molecule has 0 saturated heterocycles. The van der Waals surface area contributed by atoms with E-state index in [4.69, 9.17) is 16.2 Å². The molecule has 0 aliphatic heterocycles. The Morgan fingerprint density at radius 3 is 1.07 bits per heavy atom. The number of nitriles is 1. The summed E-state index contributed by atoms with van der Waals surface area (Å²) < 4.78 is 124. The maximum atomic E-state index is 13.5. The molecule has 3 aromatic heterocycles. The number of nitrogens with zero attached hydrogens (tertiary/aromatic N) is 10. The summed E-state index contributed by atoms with van der Waals surface area (Å²) in [6, 6.07) is 21.1. The molecule has 30 heteroatoms. The summed E-state index contributed by atoms with van der Waals surface area (Å²) in [7, 11) is 0. The van der Waals surface area contributed by atoms with Gasteiger partial charge >= 0.3 is 24.6 Å². The third-order valence-electron chi connectivity index (χ3n) is 22.6. The number of ether oxygens (including phenoxy) is 1. The van der Waals surface area contributed by atoms with Gasteiger partial charge in [-0.2, -0.15) is 55.0 Å². The van der Waals surface area contributed by atoms with Gasteiger partial charge in [-0.05, 0) is 214 Å². The molecule has 6 aromatic rings. The molecule has 0 bridgehead atoms. The lowest BCUT2D eigenvalue weighted by molar-refractivity contribution is -0.259. The largest absolute Gasteiger partial charge is 0.449 e. The van der Waals surface area contributed by atoms with E-state index in [2.05, 4.69) is 36.2 Å². The average Bonchev–Trinajstić information content (AvgIpc) is 1.70. The van der Waals surface area contributed by atoms with Gasteiger partial charge in [0.15, 0.2) is 16.8 Å². The first-order chi connectivity index (χ1) is 50.5. The van der Waals surface area contributed by atoms with E-state index in [1.807, 2.05) is 20.8 Å². The van der Waals surface area contributed by atoms with Crippen molar-refractivity contribution in [2.24, 2.45) is 11.5 Å². The number of primary amides is 2. The fraction of sp³-hybridized carbons (Fsp3) is 0.532. The fourth-order valence-electron chi connectivity index (χ4n) is 15.3. The molecule has 6 fully saturated rings. The van der Waals surface area contributed by atoms with Crippen LogP contribution in [0, 0.1) is 11.3 Å². The molecule has 21 nitrogen and oxygen atoms in total. The Labute approximate surface area is 613 Å². The first-order valence-corrected chi connectivity index (χ1v) is 36.0. The molecule has 7 N–H and O–H groups in total. The van der Waals surface area contributed by atoms with Gasteiger partial charge in [0, 0.05) is 125 Å². The predicted octanol–water partition coefficient (Wildman–Crippen LogP) is 12.9. The summed E-state index contributed by atoms with van der Waals surface area (Å²) >= 11 is 0. The third-order valence-corrected chi connectivity index (χ3v) is 22.6. The summed E-state index contributed by atoms with van der Waals surface area (Å²) in [5, 5.41) is 47.1. The zero-order chi connectivity index (χ0) is 77.5. The quantitative estimate of drug-likeness (QED) is 0.0394. The molecule has 5 amide bonds. The van der Waals surface area contributed by atoms with E-state index in [-0.39, 0.29) is 106 Å². The van der Waals surface area contributed by atoms with Crippen molar-refractivity contribution in [3.63, 3.8) is 0 Å². The number of hydrogen-bond acceptors (Lipinski definition) is 16. The molecule has 6 aliphatic rings. The highest BCUT2D eigenvalue weighted by molar-refractivity contribution is 5.96. The zero-order valence-electron chi connectivity index (χ0n) is 59.7. The highest BCUT2D eigenvalue weighted by Crippen LogP contribution is 2.50. The van der Waals surface area contributed by atoms with Crippen molar-refractivity contribution >= 4 is 29.7 Å². The number of carbonyl (C=O) groups is 5. The van der Waals surface area contributed by atoms with Gasteiger partial charge in [0.1, 0.15) is 6.61 Å². The minimum Gasteiger partial charge on any atom is -0.449 e. The average molecular weight is 1500 g/mol. The number of hydrogen-bond donors (Lipinski definition) is 5. The van der Waals surface area contributed by atoms with Gasteiger partial charge in [-0.25, -0.2) is 4.79 Å². The lowest BCUT2D eigenvalue weighted by atomic mass is 9.67. The third kappa shape index (κ3) is 18.3. The summed E-state index contributed by atoms with van der Waals surface area (Å²) in [5.41, 5.74) is 2.82. The van der Waals surface area contributed by atoms with Gasteiger partial charge in [0.2, 0.25) is 5.91 Å². The molecule has 6 saturated carbocycles. The van der Waals surface area contributed by atoms with Crippen LogP contribution in [0.25, 0.3) is 0 Å². The smallest absolute Gasteiger partial charge is 0.421 e. The van der Waals surface area contributed by atoms with Crippen molar-refractivity contribution in [3.8, 4) is 6.07 Å². The van der Waals surface area contributed by atoms with Crippen LogP contribution in [0.1, 0.15) is 227 Å². The van der Waals surface area contributed by atoms with Crippen LogP contribution in [0.2, 0.25) is 0 Å². The van der Waals surface area contributed by atoms with E-state index >= 15 is 0 Å². The number of benzene rings is 3. The number of carbonyl (C=O) groups excluding carboxylic acids is 5. The van der Waals surface area contributed by atoms with E-state index in [9.17, 15) is 84.1 Å². The van der Waals surface area contributed by atoms with Gasteiger partial charge in [-0.1, -0.05) is 36.4 Å². The minimum atomic E-state index is -4.84. The number of rotatable bonds is 22. The number of amides is 5. The molecule has 574 valence electrons. The van der Waals surface area contributed by atoms with Crippen molar-refractivity contribution in [1.29, 1.82) is 5.26 Å². The molecular formula is C77H89F9N12O9. The van der Waals surface area contributed by atoms with Crippen LogP contribution < -0.4 is 11.5 Å². The molecule has 3 aromatic carbocycles. The fourth-order valence-corrected chi connectivity index (χ4v) is 15.3. The van der Waals surface area contributed by atoms with Gasteiger partial charge in [-0.3, -0.25) is 39.1 Å². The van der Waals surface area contributed by atoms with E-state index in [1.54, 1.807) is 49.4 Å². The van der Waals surface area contributed by atoms with Crippen LogP contribution in [0.3, 0.4) is 0 Å². The van der Waals surface area contributed by atoms with Crippen molar-refractivity contribution in [3.05, 3.63) is 179 Å². The lowest BCUT2D eigenvalue weighted by Crippen LogP contribution is -2.48. The van der Waals surface area contributed by atoms with E-state index < -0.39 is 46.8 Å². The van der Waals surface area contributed by atoms with Crippen LogP contribution in [-0.4, -0.2) is 151 Å². The highest BCUT2D eigenvalue weighted by Gasteiger charge is 2.55. The van der Waals surface area contributed by atoms with Gasteiger partial charge in [-0.15, -0.1) is 0 Å². The molecule has 107 heavy (non-hydrogen) atoms. The number of aliphatic hydroxyl groups is 3. The number of nitrogens with two attached hydrogens (primary N) is 2. The highest BCUT2D eigenvalue weighted by atomic mass is 19.4. The van der Waals surface area contributed by atoms with Crippen molar-refractivity contribution < 1.29 is 83.5 Å². The van der Waals surface area contributed by atoms with Crippen molar-refractivity contribution in [2.45, 2.75) is 250 Å². The van der Waals surface area contributed by atoms with E-state index in [0.29, 0.717) is 108 Å². The Morgan fingerprint density at radius 1 is 0.477 bits per heavy atom. The van der Waals surface area contributed by atoms with E-state index in [1.165, 1.54) is 48.5 Å². The molecule has 0 spiro atoms. The van der Waals surface area contributed by atoms with Crippen molar-refractivity contribution in [1.82, 2.24) is 44.8 Å². The van der Waals surface area contributed by atoms with Gasteiger partial charge in [0.05, 0.1) is 23.2 Å². The number of aromatic nitrogens is 6. The van der Waals surface area contributed by atoms with Crippen LogP contribution >= 0.6 is 0 Å². The Balaban J connectivity index is 0.000000172. The second-order valence-corrected chi connectivity index (χ2v) is 29.8. The Hall–Kier alpha value is -9.21. The Morgan fingerprint density at radius 2 is 0.804 bits per heavy atom. The molecular weight excluding hydrogens is 1410 g/mol. The second-order valence-electron chi connectivity index (χ2n) is 29.8. The summed E-state index contributed by atoms with van der Waals surface area (Å²) in [4.78, 5) is 86.3. The topological polar surface area (TPSA) is 318 Å². The van der Waals surface area contributed by atoms with Crippen LogP contribution in [0.4, 0.5) is 44.3 Å². The summed E-state index contributed by atoms with van der Waals surface area (Å²) in [5.74, 6) is -1.03. The van der Waals surface area contributed by atoms with Crippen LogP contribution in [-0.2, 0) is 42.6 Å². The normalized spacial score (nSPS) is 24.1. The minimum absolute atomic E-state index is 0.0137. The molecule has 12 rings (SSSR count). The van der Waals surface area contributed by atoms with Gasteiger partial charge < -0.3 is 46.2 Å². The number of halogens is 9. The predicted molar refractivity (Wildman–Crippen MR) is 370 cm³/mol. The first-order valence-electron chi connectivity index (χ1n) is 36.0. The Kier molecular flexibility index (Phi) is 24.3. The first kappa shape index (κ1) is 80.3. The maximum Gasteiger partial charge on any atom is 0.421 e. The molecule has 3 atom stereocenters. The lowest BCUT2D eigenvalue weighted by Gasteiger charge is -2.43. The molecule has 3 heterocycles. The number of alkyl halides is 9. The standard InChI is InChI=1S/C26H31F3N4O3.C26H29F3N4O2.C25H29F3N4O4/c1-24(36,26(27,28)29)18-4-2-17(3-5-18)23(35)33(19-6-7-19)20-8-11-25(12-9-20,13-10-22(30)34)21-16-31-14-15-32-21;1-24(35,26(27,28)29)19-5-3-18(4-6-19)23(34)33(20-7-8-20)21-9-12-25(13-10-21,11-2-14-30)22-17-31-15-16-32-22;1-23(35,25(26,27)28)17-6-4-16(5-7-17)21(33)32(18-8-9-18)19-10-12-24(13-11-19,15-36-22(29)34)20-3-2-14-30-31-20/h2-5,14-16,19-20,36H,6-13H2,1H3,(H2,30,34);3-6,15-17,20-21,35H,2,7-13H2,1H3;2-7,14,18-19,35H,8-13,15H2,1H3,(H2,29,34)/t20?,24-,25?;21?,24-,25?;19?,23-,24?/m000/s1. The molecule has 6 aliphatic carbocycles. The van der Waals surface area contributed by atoms with Gasteiger partial charge in [0.25, 0.3) is 17.7 Å². The van der Waals surface area contributed by atoms with E-state index in [0.717, 1.165) is 99.9 Å². The summed E-state index contributed by atoms with van der Waals surface area (Å²) in [6.45, 7) is 2.15. The maximum absolute atomic E-state index is 13.5. The Bertz CT molecular complexity index is 3880. The van der Waals surface area contributed by atoms with Crippen LogP contribution in [0.5, 0.6) is 0 Å². The summed E-state index contributed by atoms with van der Waals surface area (Å²) in [6.07, 6.45) is 11.8.